The highest BCUT2D eigenvalue weighted by Gasteiger charge is 2.26. The summed E-state index contributed by atoms with van der Waals surface area (Å²) < 4.78 is 5.57. The minimum Gasteiger partial charge on any atom is -0.468 e. The number of carbonyl (C=O) groups excluding carboxylic acids is 1. The van der Waals surface area contributed by atoms with E-state index in [0.29, 0.717) is 12.1 Å². The molecule has 0 aliphatic carbocycles. The molecular formula is C18H22N2O2. The van der Waals surface area contributed by atoms with Crippen molar-refractivity contribution in [3.63, 3.8) is 0 Å². The summed E-state index contributed by atoms with van der Waals surface area (Å²) in [6, 6.07) is 11.7. The van der Waals surface area contributed by atoms with Gasteiger partial charge in [0, 0.05) is 12.1 Å². The molecule has 0 radical (unpaired) electrons. The van der Waals surface area contributed by atoms with Crippen molar-refractivity contribution in [1.29, 1.82) is 0 Å². The molecule has 1 fully saturated rings. The molecule has 1 saturated heterocycles. The van der Waals surface area contributed by atoms with Gasteiger partial charge >= 0.3 is 0 Å². The molecule has 1 aromatic carbocycles. The second kappa shape index (κ2) is 6.79. The summed E-state index contributed by atoms with van der Waals surface area (Å²) in [7, 11) is 0. The molecule has 4 nitrogen and oxygen atoms in total. The predicted octanol–water partition coefficient (Wildman–Crippen LogP) is 3.15. The zero-order chi connectivity index (χ0) is 15.4. The van der Waals surface area contributed by atoms with Crippen LogP contribution in [0.3, 0.4) is 0 Å². The fraction of sp³-hybridized carbons (Fsp3) is 0.389. The first-order valence-electron chi connectivity index (χ1n) is 7.86. The van der Waals surface area contributed by atoms with Gasteiger partial charge in [0.05, 0.1) is 12.3 Å². The van der Waals surface area contributed by atoms with Gasteiger partial charge in [0.1, 0.15) is 5.76 Å². The molecular weight excluding hydrogens is 276 g/mol. The molecule has 0 saturated carbocycles. The number of likely N-dealkylation sites (tertiary alicyclic amines) is 1. The van der Waals surface area contributed by atoms with Crippen LogP contribution in [0.1, 0.15) is 40.6 Å². The van der Waals surface area contributed by atoms with Gasteiger partial charge in [-0.15, -0.1) is 0 Å². The normalized spacial score (nSPS) is 16.6. The zero-order valence-corrected chi connectivity index (χ0v) is 12.9. The lowest BCUT2D eigenvalue weighted by Crippen LogP contribution is -2.36. The van der Waals surface area contributed by atoms with Gasteiger partial charge in [-0.1, -0.05) is 17.7 Å². The second-order valence-electron chi connectivity index (χ2n) is 5.85. The van der Waals surface area contributed by atoms with Crippen molar-refractivity contribution < 1.29 is 9.21 Å². The van der Waals surface area contributed by atoms with Gasteiger partial charge in [-0.2, -0.15) is 0 Å². The fourth-order valence-corrected chi connectivity index (χ4v) is 3.02. The predicted molar refractivity (Wildman–Crippen MR) is 85.8 cm³/mol. The van der Waals surface area contributed by atoms with Gasteiger partial charge in [0.25, 0.3) is 5.91 Å². The molecule has 1 aliphatic heterocycles. The molecule has 1 N–H and O–H groups in total. The van der Waals surface area contributed by atoms with Crippen molar-refractivity contribution in [3.05, 3.63) is 59.5 Å². The van der Waals surface area contributed by atoms with Crippen LogP contribution in [0, 0.1) is 6.92 Å². The first-order chi connectivity index (χ1) is 10.7. The number of hydrogen-bond donors (Lipinski definition) is 1. The molecule has 2 aromatic rings. The molecule has 0 spiro atoms. The lowest BCUT2D eigenvalue weighted by atomic mass is 10.1. The minimum atomic E-state index is -0.0283. The molecule has 116 valence electrons. The number of nitrogens with one attached hydrogen (secondary N) is 1. The van der Waals surface area contributed by atoms with E-state index in [9.17, 15) is 4.79 Å². The Hall–Kier alpha value is -2.07. The summed E-state index contributed by atoms with van der Waals surface area (Å²) in [5, 5.41) is 3.05. The van der Waals surface area contributed by atoms with Crippen molar-refractivity contribution >= 4 is 5.91 Å². The Balaban J connectivity index is 1.67. The quantitative estimate of drug-likeness (QED) is 0.922. The lowest BCUT2D eigenvalue weighted by molar-refractivity contribution is 0.0933. The fourth-order valence-electron chi connectivity index (χ4n) is 3.02. The maximum atomic E-state index is 12.3. The zero-order valence-electron chi connectivity index (χ0n) is 12.9. The summed E-state index contributed by atoms with van der Waals surface area (Å²) in [6.07, 6.45) is 4.12. The topological polar surface area (TPSA) is 45.5 Å². The van der Waals surface area contributed by atoms with E-state index < -0.39 is 0 Å². The summed E-state index contributed by atoms with van der Waals surface area (Å²) in [5.41, 5.74) is 1.80. The Bertz CT molecular complexity index is 616. The highest BCUT2D eigenvalue weighted by Crippen LogP contribution is 2.24. The standard InChI is InChI=1S/C18H22N2O2/c1-14-6-4-7-15(12-14)18(21)19-13-16(17-8-5-11-22-17)20-9-2-3-10-20/h4-8,11-12,16H,2-3,9-10,13H2,1H3,(H,19,21). The van der Waals surface area contributed by atoms with Crippen LogP contribution in [0.25, 0.3) is 0 Å². The van der Waals surface area contributed by atoms with Crippen molar-refractivity contribution in [1.82, 2.24) is 10.2 Å². The number of amides is 1. The third-order valence-corrected chi connectivity index (χ3v) is 4.19. The SMILES string of the molecule is Cc1cccc(C(=O)NCC(c2ccco2)N2CCCC2)c1. The van der Waals surface area contributed by atoms with Crippen LogP contribution in [0.15, 0.2) is 47.1 Å². The first-order valence-corrected chi connectivity index (χ1v) is 7.86. The lowest BCUT2D eigenvalue weighted by Gasteiger charge is -2.26. The molecule has 1 aliphatic rings. The van der Waals surface area contributed by atoms with Gasteiger partial charge in [0.15, 0.2) is 0 Å². The molecule has 22 heavy (non-hydrogen) atoms. The van der Waals surface area contributed by atoms with Crippen molar-refractivity contribution in [2.75, 3.05) is 19.6 Å². The Labute approximate surface area is 131 Å². The van der Waals surface area contributed by atoms with Crippen LogP contribution < -0.4 is 5.32 Å². The monoisotopic (exact) mass is 298 g/mol. The maximum absolute atomic E-state index is 12.3. The van der Waals surface area contributed by atoms with E-state index in [4.69, 9.17) is 4.42 Å². The number of nitrogens with zero attached hydrogens (tertiary/aromatic N) is 1. The third-order valence-electron chi connectivity index (χ3n) is 4.19. The highest BCUT2D eigenvalue weighted by atomic mass is 16.3. The maximum Gasteiger partial charge on any atom is 0.251 e. The minimum absolute atomic E-state index is 0.0283. The number of rotatable bonds is 5. The summed E-state index contributed by atoms with van der Waals surface area (Å²) in [5.74, 6) is 0.894. The highest BCUT2D eigenvalue weighted by molar-refractivity contribution is 5.94. The Kier molecular flexibility index (Phi) is 4.59. The van der Waals surface area contributed by atoms with Gasteiger partial charge < -0.3 is 9.73 Å². The van der Waals surface area contributed by atoms with E-state index in [2.05, 4.69) is 10.2 Å². The van der Waals surface area contributed by atoms with Gasteiger partial charge in [-0.05, 0) is 57.1 Å². The number of hydrogen-bond acceptors (Lipinski definition) is 3. The second-order valence-corrected chi connectivity index (χ2v) is 5.85. The molecule has 1 atom stereocenters. The number of carbonyl (C=O) groups is 1. The Morgan fingerprint density at radius 2 is 2.09 bits per heavy atom. The van der Waals surface area contributed by atoms with Crippen molar-refractivity contribution in [3.8, 4) is 0 Å². The molecule has 1 aromatic heterocycles. The number of benzene rings is 1. The smallest absolute Gasteiger partial charge is 0.251 e. The van der Waals surface area contributed by atoms with Crippen molar-refractivity contribution in [2.24, 2.45) is 0 Å². The van der Waals surface area contributed by atoms with E-state index in [1.165, 1.54) is 12.8 Å². The molecule has 1 amide bonds. The summed E-state index contributed by atoms with van der Waals surface area (Å²) >= 11 is 0. The average Bonchev–Trinajstić information content (AvgIpc) is 3.21. The molecule has 3 rings (SSSR count). The largest absolute Gasteiger partial charge is 0.468 e. The number of aryl methyl sites for hydroxylation is 1. The van der Waals surface area contributed by atoms with E-state index >= 15 is 0 Å². The Morgan fingerprint density at radius 1 is 1.27 bits per heavy atom. The molecule has 0 bridgehead atoms. The van der Waals surface area contributed by atoms with Crippen LogP contribution in [-0.2, 0) is 0 Å². The van der Waals surface area contributed by atoms with Gasteiger partial charge in [-0.3, -0.25) is 9.69 Å². The van der Waals surface area contributed by atoms with Crippen LogP contribution in [0.4, 0.5) is 0 Å². The van der Waals surface area contributed by atoms with Crippen LogP contribution in [-0.4, -0.2) is 30.4 Å². The number of furan rings is 1. The van der Waals surface area contributed by atoms with E-state index in [-0.39, 0.29) is 11.9 Å². The van der Waals surface area contributed by atoms with Crippen LogP contribution in [0.2, 0.25) is 0 Å². The van der Waals surface area contributed by atoms with E-state index in [1.807, 2.05) is 43.3 Å². The summed E-state index contributed by atoms with van der Waals surface area (Å²) in [6.45, 7) is 4.68. The third kappa shape index (κ3) is 3.39. The summed E-state index contributed by atoms with van der Waals surface area (Å²) in [4.78, 5) is 14.7. The van der Waals surface area contributed by atoms with Gasteiger partial charge in [-0.25, -0.2) is 0 Å². The van der Waals surface area contributed by atoms with Crippen molar-refractivity contribution in [2.45, 2.75) is 25.8 Å². The molecule has 1 unspecified atom stereocenters. The molecule has 4 heteroatoms. The average molecular weight is 298 g/mol. The van der Waals surface area contributed by atoms with E-state index in [1.54, 1.807) is 6.26 Å². The Morgan fingerprint density at radius 3 is 2.77 bits per heavy atom. The van der Waals surface area contributed by atoms with Crippen LogP contribution in [0.5, 0.6) is 0 Å². The van der Waals surface area contributed by atoms with Gasteiger partial charge in [0.2, 0.25) is 0 Å². The molecule has 2 heterocycles. The van der Waals surface area contributed by atoms with E-state index in [0.717, 1.165) is 24.4 Å². The van der Waals surface area contributed by atoms with Crippen LogP contribution >= 0.6 is 0 Å². The first kappa shape index (κ1) is 14.9.